The minimum absolute atomic E-state index is 0.124. The van der Waals surface area contributed by atoms with Crippen LogP contribution in [0.4, 0.5) is 18.9 Å². The molecule has 1 saturated carbocycles. The minimum Gasteiger partial charge on any atom is -0.325 e. The van der Waals surface area contributed by atoms with E-state index < -0.39 is 18.0 Å². The number of alkyl halides is 3. The predicted octanol–water partition coefficient (Wildman–Crippen LogP) is 4.48. The Morgan fingerprint density at radius 2 is 2.00 bits per heavy atom. The molecule has 8 nitrogen and oxygen atoms in total. The minimum atomic E-state index is -4.37. The molecule has 34 heavy (non-hydrogen) atoms. The standard InChI is InChI=1S/C22H17ClF3N7O/c23-14-3-1-2-13(10-14)21(7-8-21)20(34)27-15-4-5-18(17(11-15)19-28-31-32-29-19)33-9-6-16(30-33)12-22(24,25)26/h1-6,9-11H,7-8,12H2,(H,27,34)(H,28,29,31,32). The predicted molar refractivity (Wildman–Crippen MR) is 117 cm³/mol. The average molecular weight is 488 g/mol. The summed E-state index contributed by atoms with van der Waals surface area (Å²) < 4.78 is 39.6. The lowest BCUT2D eigenvalue weighted by Gasteiger charge is -2.17. The average Bonchev–Trinajstić information content (AvgIpc) is 3.18. The van der Waals surface area contributed by atoms with Gasteiger partial charge >= 0.3 is 6.18 Å². The van der Waals surface area contributed by atoms with Crippen molar-refractivity contribution in [2.24, 2.45) is 0 Å². The molecule has 0 atom stereocenters. The molecule has 0 aliphatic heterocycles. The van der Waals surface area contributed by atoms with Crippen molar-refractivity contribution in [2.45, 2.75) is 30.9 Å². The van der Waals surface area contributed by atoms with Crippen molar-refractivity contribution in [3.8, 4) is 17.1 Å². The molecule has 1 aliphatic rings. The summed E-state index contributed by atoms with van der Waals surface area (Å²) in [5.74, 6) is 0.0306. The van der Waals surface area contributed by atoms with E-state index in [4.69, 9.17) is 11.6 Å². The van der Waals surface area contributed by atoms with Crippen LogP contribution in [0.15, 0.2) is 54.7 Å². The molecule has 2 N–H and O–H groups in total. The van der Waals surface area contributed by atoms with E-state index in [1.165, 1.54) is 16.9 Å². The van der Waals surface area contributed by atoms with Gasteiger partial charge in [-0.05, 0) is 60.0 Å². The maximum absolute atomic E-state index is 13.2. The number of nitrogens with one attached hydrogen (secondary N) is 2. The highest BCUT2D eigenvalue weighted by Gasteiger charge is 2.51. The van der Waals surface area contributed by atoms with Crippen LogP contribution in [0.25, 0.3) is 17.1 Å². The molecule has 174 valence electrons. The fourth-order valence-corrected chi connectivity index (χ4v) is 4.06. The summed E-state index contributed by atoms with van der Waals surface area (Å²) in [4.78, 5) is 13.2. The van der Waals surface area contributed by atoms with Crippen molar-refractivity contribution >= 4 is 23.2 Å². The van der Waals surface area contributed by atoms with Gasteiger partial charge in [-0.25, -0.2) is 4.68 Å². The third kappa shape index (κ3) is 4.38. The second-order valence-corrected chi connectivity index (χ2v) is 8.49. The molecule has 5 rings (SSSR count). The van der Waals surface area contributed by atoms with E-state index in [0.717, 1.165) is 5.56 Å². The van der Waals surface area contributed by atoms with Crippen molar-refractivity contribution in [1.29, 1.82) is 0 Å². The van der Waals surface area contributed by atoms with Gasteiger partial charge in [-0.2, -0.15) is 23.5 Å². The fourth-order valence-electron chi connectivity index (χ4n) is 3.87. The van der Waals surface area contributed by atoms with Crippen molar-refractivity contribution in [2.75, 3.05) is 5.32 Å². The van der Waals surface area contributed by atoms with Crippen molar-refractivity contribution < 1.29 is 18.0 Å². The number of amides is 1. The van der Waals surface area contributed by atoms with Gasteiger partial charge in [-0.1, -0.05) is 23.7 Å². The van der Waals surface area contributed by atoms with Crippen LogP contribution in [0.1, 0.15) is 24.1 Å². The lowest BCUT2D eigenvalue weighted by Crippen LogP contribution is -2.27. The summed E-state index contributed by atoms with van der Waals surface area (Å²) in [6, 6.07) is 13.4. The van der Waals surface area contributed by atoms with E-state index in [-0.39, 0.29) is 17.4 Å². The zero-order valence-electron chi connectivity index (χ0n) is 17.5. The highest BCUT2D eigenvalue weighted by molar-refractivity contribution is 6.30. The molecule has 0 bridgehead atoms. The monoisotopic (exact) mass is 487 g/mol. The molecule has 4 aromatic rings. The summed E-state index contributed by atoms with van der Waals surface area (Å²) in [7, 11) is 0. The number of tetrazole rings is 1. The van der Waals surface area contributed by atoms with Gasteiger partial charge < -0.3 is 5.32 Å². The van der Waals surface area contributed by atoms with Gasteiger partial charge in [0.1, 0.15) is 0 Å². The summed E-state index contributed by atoms with van der Waals surface area (Å²) in [6.45, 7) is 0. The molecule has 2 aromatic heterocycles. The van der Waals surface area contributed by atoms with E-state index in [0.29, 0.717) is 34.8 Å². The molecule has 0 radical (unpaired) electrons. The third-order valence-corrected chi connectivity index (χ3v) is 5.91. The second kappa shape index (κ2) is 8.24. The zero-order valence-corrected chi connectivity index (χ0v) is 18.2. The van der Waals surface area contributed by atoms with Crippen LogP contribution in [0.2, 0.25) is 5.02 Å². The molecule has 2 heterocycles. The van der Waals surface area contributed by atoms with Gasteiger partial charge in [0.25, 0.3) is 0 Å². The number of rotatable bonds is 6. The number of carbonyl (C=O) groups is 1. The zero-order chi connectivity index (χ0) is 23.9. The van der Waals surface area contributed by atoms with Crippen LogP contribution < -0.4 is 5.32 Å². The molecule has 1 amide bonds. The number of anilines is 1. The molecule has 0 unspecified atom stereocenters. The maximum Gasteiger partial charge on any atom is 0.394 e. The summed E-state index contributed by atoms with van der Waals surface area (Å²) >= 11 is 6.11. The van der Waals surface area contributed by atoms with Crippen LogP contribution in [0.3, 0.4) is 0 Å². The van der Waals surface area contributed by atoms with E-state index in [1.54, 1.807) is 30.3 Å². The van der Waals surface area contributed by atoms with Crippen LogP contribution in [-0.4, -0.2) is 42.5 Å². The van der Waals surface area contributed by atoms with Crippen LogP contribution in [-0.2, 0) is 16.6 Å². The first-order valence-corrected chi connectivity index (χ1v) is 10.7. The van der Waals surface area contributed by atoms with E-state index >= 15 is 0 Å². The molecule has 0 spiro atoms. The van der Waals surface area contributed by atoms with Crippen LogP contribution >= 0.6 is 11.6 Å². The molecule has 2 aromatic carbocycles. The Morgan fingerprint density at radius 1 is 1.18 bits per heavy atom. The van der Waals surface area contributed by atoms with E-state index in [2.05, 4.69) is 31.0 Å². The largest absolute Gasteiger partial charge is 0.394 e. The normalized spacial score (nSPS) is 14.7. The first-order chi connectivity index (χ1) is 16.2. The summed E-state index contributed by atoms with van der Waals surface area (Å²) in [5, 5.41) is 21.4. The van der Waals surface area contributed by atoms with Crippen molar-refractivity contribution in [3.05, 3.63) is 71.0 Å². The van der Waals surface area contributed by atoms with E-state index in [9.17, 15) is 18.0 Å². The third-order valence-electron chi connectivity index (χ3n) is 5.68. The van der Waals surface area contributed by atoms with Gasteiger partial charge in [0.2, 0.25) is 11.7 Å². The van der Waals surface area contributed by atoms with Crippen LogP contribution in [0, 0.1) is 0 Å². The number of aromatic nitrogens is 6. The van der Waals surface area contributed by atoms with Gasteiger partial charge in [0.05, 0.1) is 28.8 Å². The Balaban J connectivity index is 1.45. The molecule has 12 heteroatoms. The van der Waals surface area contributed by atoms with Gasteiger partial charge in [-0.15, -0.1) is 10.2 Å². The quantitative estimate of drug-likeness (QED) is 0.417. The lowest BCUT2D eigenvalue weighted by molar-refractivity contribution is -0.127. The molecule has 1 aliphatic carbocycles. The van der Waals surface area contributed by atoms with Crippen molar-refractivity contribution in [1.82, 2.24) is 30.4 Å². The number of hydrogen-bond donors (Lipinski definition) is 2. The second-order valence-electron chi connectivity index (χ2n) is 8.06. The Labute approximate surface area is 196 Å². The number of carbonyl (C=O) groups excluding carboxylic acids is 1. The maximum atomic E-state index is 13.2. The number of H-pyrrole nitrogens is 1. The lowest BCUT2D eigenvalue weighted by atomic mass is 9.95. The Hall–Kier alpha value is -3.73. The Morgan fingerprint density at radius 3 is 2.68 bits per heavy atom. The number of hydrogen-bond acceptors (Lipinski definition) is 5. The number of nitrogens with zero attached hydrogens (tertiary/aromatic N) is 5. The topological polar surface area (TPSA) is 101 Å². The fraction of sp³-hybridized carbons (Fsp3) is 0.227. The van der Waals surface area contributed by atoms with Crippen LogP contribution in [0.5, 0.6) is 0 Å². The molecule has 0 saturated heterocycles. The first kappa shape index (κ1) is 22.1. The number of benzene rings is 2. The molecular weight excluding hydrogens is 471 g/mol. The Bertz CT molecular complexity index is 1350. The Kier molecular flexibility index (Phi) is 5.35. The van der Waals surface area contributed by atoms with Gasteiger partial charge in [-0.3, -0.25) is 4.79 Å². The first-order valence-electron chi connectivity index (χ1n) is 10.3. The summed E-state index contributed by atoms with van der Waals surface area (Å²) in [6.07, 6.45) is -2.69. The number of halogens is 4. The molecular formula is C22H17ClF3N7O. The SMILES string of the molecule is O=C(Nc1ccc(-n2ccc(CC(F)(F)F)n2)c(-c2nn[nH]n2)c1)C1(c2cccc(Cl)c2)CC1. The summed E-state index contributed by atoms with van der Waals surface area (Å²) in [5.41, 5.74) is 1.42. The van der Waals surface area contributed by atoms with Gasteiger partial charge in [0.15, 0.2) is 0 Å². The molecule has 1 fully saturated rings. The highest BCUT2D eigenvalue weighted by Crippen LogP contribution is 2.49. The highest BCUT2D eigenvalue weighted by atomic mass is 35.5. The van der Waals surface area contributed by atoms with Crippen molar-refractivity contribution in [3.63, 3.8) is 0 Å². The van der Waals surface area contributed by atoms with E-state index in [1.807, 2.05) is 12.1 Å². The number of aromatic amines is 1. The van der Waals surface area contributed by atoms with Gasteiger partial charge in [0, 0.05) is 16.9 Å². The smallest absolute Gasteiger partial charge is 0.325 e.